The quantitative estimate of drug-likeness (QED) is 0.420. The highest BCUT2D eigenvalue weighted by molar-refractivity contribution is 8.00. The number of halogens is 2. The minimum absolute atomic E-state index is 0.0657. The maximum Gasteiger partial charge on any atom is 0.339 e. The van der Waals surface area contributed by atoms with Crippen LogP contribution < -0.4 is 5.32 Å². The number of amides is 2. The van der Waals surface area contributed by atoms with Crippen LogP contribution in [0.2, 0.25) is 10.0 Å². The number of methoxy groups -OCH3 is 1. The first-order valence-corrected chi connectivity index (χ1v) is 12.1. The lowest BCUT2D eigenvalue weighted by Gasteiger charge is -2.24. The summed E-state index contributed by atoms with van der Waals surface area (Å²) in [4.78, 5) is 38.9. The van der Waals surface area contributed by atoms with E-state index in [1.165, 1.54) is 19.2 Å². The highest BCUT2D eigenvalue weighted by Crippen LogP contribution is 2.39. The average molecular weight is 515 g/mol. The molecular formula is C25H20Cl2N2O4S. The van der Waals surface area contributed by atoms with Crippen molar-refractivity contribution < 1.29 is 19.1 Å². The van der Waals surface area contributed by atoms with Crippen molar-refractivity contribution >= 4 is 58.4 Å². The molecule has 0 aromatic heterocycles. The fourth-order valence-electron chi connectivity index (χ4n) is 3.56. The van der Waals surface area contributed by atoms with E-state index < -0.39 is 5.97 Å². The molecule has 6 nitrogen and oxygen atoms in total. The lowest BCUT2D eigenvalue weighted by atomic mass is 10.1. The van der Waals surface area contributed by atoms with Crippen LogP contribution >= 0.6 is 35.0 Å². The van der Waals surface area contributed by atoms with E-state index in [1.54, 1.807) is 30.0 Å². The standard InChI is InChI=1S/C25H20Cl2N2O4S/c1-33-25(32)20-12-19(10-11-21(20)27)28-23(31)16-4-6-17(7-5-16)24-29(22(30)14-34-24)13-15-2-8-18(26)9-3-15/h2-12,24H,13-14H2,1H3,(H,28,31)/t24-/m1/s1. The Bertz CT molecular complexity index is 1230. The Hall–Kier alpha value is -3.00. The zero-order valence-corrected chi connectivity index (χ0v) is 20.4. The number of rotatable bonds is 6. The van der Waals surface area contributed by atoms with Crippen LogP contribution in [0.3, 0.4) is 0 Å². The number of benzene rings is 3. The average Bonchev–Trinajstić information content (AvgIpc) is 3.21. The monoisotopic (exact) mass is 514 g/mol. The van der Waals surface area contributed by atoms with Crippen LogP contribution in [0.4, 0.5) is 5.69 Å². The highest BCUT2D eigenvalue weighted by atomic mass is 35.5. The van der Waals surface area contributed by atoms with Gasteiger partial charge in [0.25, 0.3) is 5.91 Å². The van der Waals surface area contributed by atoms with E-state index in [0.29, 0.717) is 28.6 Å². The number of hydrogen-bond acceptors (Lipinski definition) is 5. The molecule has 3 aromatic carbocycles. The summed E-state index contributed by atoms with van der Waals surface area (Å²) >= 11 is 13.6. The molecule has 0 unspecified atom stereocenters. The molecule has 9 heteroatoms. The molecule has 1 heterocycles. The van der Waals surface area contributed by atoms with Gasteiger partial charge in [0.05, 0.1) is 23.4 Å². The van der Waals surface area contributed by atoms with Gasteiger partial charge in [-0.25, -0.2) is 4.79 Å². The lowest BCUT2D eigenvalue weighted by Crippen LogP contribution is -2.27. The van der Waals surface area contributed by atoms with Gasteiger partial charge in [-0.2, -0.15) is 0 Å². The zero-order chi connectivity index (χ0) is 24.2. The summed E-state index contributed by atoms with van der Waals surface area (Å²) in [7, 11) is 1.26. The van der Waals surface area contributed by atoms with Crippen molar-refractivity contribution in [1.29, 1.82) is 0 Å². The minimum Gasteiger partial charge on any atom is -0.465 e. The number of carbonyl (C=O) groups is 3. The molecule has 0 aliphatic carbocycles. The second kappa shape index (κ2) is 10.5. The molecule has 0 bridgehead atoms. The maximum absolute atomic E-state index is 12.7. The molecular weight excluding hydrogens is 495 g/mol. The van der Waals surface area contributed by atoms with Crippen molar-refractivity contribution in [3.63, 3.8) is 0 Å². The highest BCUT2D eigenvalue weighted by Gasteiger charge is 2.32. The number of nitrogens with one attached hydrogen (secondary N) is 1. The van der Waals surface area contributed by atoms with E-state index in [2.05, 4.69) is 5.32 Å². The Labute approximate surface area is 211 Å². The molecule has 0 saturated carbocycles. The van der Waals surface area contributed by atoms with Crippen molar-refractivity contribution in [2.75, 3.05) is 18.2 Å². The molecule has 3 aromatic rings. The van der Waals surface area contributed by atoms with E-state index in [9.17, 15) is 14.4 Å². The van der Waals surface area contributed by atoms with Crippen molar-refractivity contribution in [1.82, 2.24) is 4.90 Å². The van der Waals surface area contributed by atoms with Crippen LogP contribution in [-0.2, 0) is 16.1 Å². The van der Waals surface area contributed by atoms with E-state index in [4.69, 9.17) is 27.9 Å². The molecule has 1 fully saturated rings. The van der Waals surface area contributed by atoms with Gasteiger partial charge in [-0.1, -0.05) is 47.5 Å². The predicted molar refractivity (Wildman–Crippen MR) is 134 cm³/mol. The number of carbonyl (C=O) groups excluding carboxylic acids is 3. The minimum atomic E-state index is -0.586. The van der Waals surface area contributed by atoms with Crippen LogP contribution in [0.15, 0.2) is 66.7 Å². The fraction of sp³-hybridized carbons (Fsp3) is 0.160. The first-order valence-electron chi connectivity index (χ1n) is 10.3. The predicted octanol–water partition coefficient (Wildman–Crippen LogP) is 5.81. The van der Waals surface area contributed by atoms with Gasteiger partial charge in [-0.05, 0) is 53.6 Å². The van der Waals surface area contributed by atoms with E-state index in [0.717, 1.165) is 11.1 Å². The summed E-state index contributed by atoms with van der Waals surface area (Å²) in [5.41, 5.74) is 2.96. The summed E-state index contributed by atoms with van der Waals surface area (Å²) in [6.07, 6.45) is 0. The Morgan fingerprint density at radius 1 is 1.06 bits per heavy atom. The van der Waals surface area contributed by atoms with Gasteiger partial charge < -0.3 is 15.0 Å². The summed E-state index contributed by atoms with van der Waals surface area (Å²) in [6.45, 7) is 0.481. The summed E-state index contributed by atoms with van der Waals surface area (Å²) in [5, 5.41) is 3.51. The normalized spacial score (nSPS) is 15.3. The lowest BCUT2D eigenvalue weighted by molar-refractivity contribution is -0.128. The van der Waals surface area contributed by atoms with E-state index in [1.807, 2.05) is 41.3 Å². The Balaban J connectivity index is 1.47. The number of thioether (sulfide) groups is 1. The van der Waals surface area contributed by atoms with E-state index >= 15 is 0 Å². The molecule has 0 spiro atoms. The summed E-state index contributed by atoms with van der Waals surface area (Å²) in [5.74, 6) is -0.453. The smallest absolute Gasteiger partial charge is 0.339 e. The second-order valence-corrected chi connectivity index (χ2v) is 9.49. The third-order valence-corrected chi connectivity index (χ3v) is 7.16. The van der Waals surface area contributed by atoms with Gasteiger partial charge in [-0.15, -0.1) is 11.8 Å². The maximum atomic E-state index is 12.7. The number of anilines is 1. The Morgan fingerprint density at radius 2 is 1.76 bits per heavy atom. The van der Waals surface area contributed by atoms with Crippen LogP contribution in [-0.4, -0.2) is 35.5 Å². The SMILES string of the molecule is COC(=O)c1cc(NC(=O)c2ccc([C@H]3SCC(=O)N3Cc3ccc(Cl)cc3)cc2)ccc1Cl. The summed E-state index contributed by atoms with van der Waals surface area (Å²) < 4.78 is 4.71. The number of esters is 1. The van der Waals surface area contributed by atoms with Gasteiger partial charge in [0, 0.05) is 22.8 Å². The van der Waals surface area contributed by atoms with Crippen LogP contribution in [0, 0.1) is 0 Å². The molecule has 1 aliphatic heterocycles. The first-order chi connectivity index (χ1) is 16.4. The molecule has 1 atom stereocenters. The third kappa shape index (κ3) is 5.38. The van der Waals surface area contributed by atoms with Gasteiger partial charge >= 0.3 is 5.97 Å². The van der Waals surface area contributed by atoms with Crippen molar-refractivity contribution in [3.05, 3.63) is 99.0 Å². The summed E-state index contributed by atoms with van der Waals surface area (Å²) in [6, 6.07) is 19.2. The van der Waals surface area contributed by atoms with Crippen LogP contribution in [0.5, 0.6) is 0 Å². The topological polar surface area (TPSA) is 75.7 Å². The third-order valence-electron chi connectivity index (χ3n) is 5.32. The number of nitrogens with zero attached hydrogens (tertiary/aromatic N) is 1. The van der Waals surface area contributed by atoms with Gasteiger partial charge in [0.15, 0.2) is 0 Å². The Morgan fingerprint density at radius 3 is 2.44 bits per heavy atom. The second-order valence-electron chi connectivity index (χ2n) is 7.57. The molecule has 1 N–H and O–H groups in total. The van der Waals surface area contributed by atoms with Gasteiger partial charge in [0.2, 0.25) is 5.91 Å². The number of ether oxygens (including phenoxy) is 1. The molecule has 4 rings (SSSR count). The largest absolute Gasteiger partial charge is 0.465 e. The zero-order valence-electron chi connectivity index (χ0n) is 18.1. The molecule has 34 heavy (non-hydrogen) atoms. The molecule has 1 aliphatic rings. The van der Waals surface area contributed by atoms with Gasteiger partial charge in [0.1, 0.15) is 5.37 Å². The molecule has 174 valence electrons. The molecule has 1 saturated heterocycles. The molecule has 2 amide bonds. The van der Waals surface area contributed by atoms with Crippen LogP contribution in [0.1, 0.15) is 37.2 Å². The van der Waals surface area contributed by atoms with E-state index in [-0.39, 0.29) is 27.8 Å². The van der Waals surface area contributed by atoms with Crippen molar-refractivity contribution in [2.24, 2.45) is 0 Å². The molecule has 0 radical (unpaired) electrons. The fourth-order valence-corrected chi connectivity index (χ4v) is 5.07. The number of hydrogen-bond donors (Lipinski definition) is 1. The van der Waals surface area contributed by atoms with Crippen molar-refractivity contribution in [3.8, 4) is 0 Å². The van der Waals surface area contributed by atoms with Crippen molar-refractivity contribution in [2.45, 2.75) is 11.9 Å². The van der Waals surface area contributed by atoms with Gasteiger partial charge in [-0.3, -0.25) is 9.59 Å². The first kappa shape index (κ1) is 24.1. The Kier molecular flexibility index (Phi) is 7.46. The van der Waals surface area contributed by atoms with Crippen LogP contribution in [0.25, 0.3) is 0 Å².